The van der Waals surface area contributed by atoms with Crippen LogP contribution >= 0.6 is 0 Å². The van der Waals surface area contributed by atoms with Crippen LogP contribution < -0.4 is 5.32 Å². The normalized spacial score (nSPS) is 27.9. The fourth-order valence-electron chi connectivity index (χ4n) is 7.41. The minimum Gasteiger partial charge on any atom is -0.326 e. The van der Waals surface area contributed by atoms with Crippen LogP contribution in [0.5, 0.6) is 0 Å². The van der Waals surface area contributed by atoms with E-state index in [2.05, 4.69) is 54.1 Å². The van der Waals surface area contributed by atoms with Crippen molar-refractivity contribution in [3.05, 3.63) is 53.0 Å². The molecule has 1 N–H and O–H groups in total. The Hall–Kier alpha value is -2.69. The lowest BCUT2D eigenvalue weighted by Gasteiger charge is -2.55. The number of fused-ring (bicyclic) bond motifs is 1. The van der Waals surface area contributed by atoms with Crippen molar-refractivity contribution >= 4 is 22.8 Å². The SMILES string of the molecule is CCc1nc2c(C)cc(C)nc2n1Cc1ccc(NC(=O)C23CC4CC(CC(C4)C2)C3)cc1. The molecular weight excluding hydrogens is 408 g/mol. The van der Waals surface area contributed by atoms with Crippen molar-refractivity contribution in [3.63, 3.8) is 0 Å². The van der Waals surface area contributed by atoms with Gasteiger partial charge in [-0.2, -0.15) is 0 Å². The summed E-state index contributed by atoms with van der Waals surface area (Å²) in [5.41, 5.74) is 6.15. The fourth-order valence-corrected chi connectivity index (χ4v) is 7.41. The van der Waals surface area contributed by atoms with Gasteiger partial charge in [0.25, 0.3) is 0 Å². The highest BCUT2D eigenvalue weighted by Gasteiger charge is 2.54. The average molecular weight is 443 g/mol. The molecule has 172 valence electrons. The standard InChI is InChI=1S/C28H34N4O/c1-4-24-31-25-17(2)9-18(3)29-26(25)32(24)16-19-5-7-23(8-6-19)30-27(33)28-13-20-10-21(14-28)12-22(11-20)15-28/h5-9,20-22H,4,10-16H2,1-3H3,(H,30,33). The number of hydrogen-bond donors (Lipinski definition) is 1. The highest BCUT2D eigenvalue weighted by Crippen LogP contribution is 2.60. The number of benzene rings is 1. The van der Waals surface area contributed by atoms with E-state index in [4.69, 9.17) is 9.97 Å². The first-order valence-electron chi connectivity index (χ1n) is 12.7. The second-order valence-electron chi connectivity index (χ2n) is 11.1. The molecule has 1 aromatic carbocycles. The molecule has 1 amide bonds. The highest BCUT2D eigenvalue weighted by molar-refractivity contribution is 5.95. The number of rotatable bonds is 5. The third kappa shape index (κ3) is 3.56. The fraction of sp³-hybridized carbons (Fsp3) is 0.536. The molecule has 3 aromatic rings. The van der Waals surface area contributed by atoms with Gasteiger partial charge in [-0.05, 0) is 99.5 Å². The number of carbonyl (C=O) groups is 1. The van der Waals surface area contributed by atoms with Gasteiger partial charge in [0, 0.05) is 17.8 Å². The van der Waals surface area contributed by atoms with E-state index in [0.29, 0.717) is 0 Å². The van der Waals surface area contributed by atoms with Gasteiger partial charge in [0.05, 0.1) is 12.0 Å². The zero-order valence-electron chi connectivity index (χ0n) is 20.0. The predicted octanol–water partition coefficient (Wildman–Crippen LogP) is 5.81. The number of nitrogens with one attached hydrogen (secondary N) is 1. The number of pyridine rings is 1. The molecule has 5 nitrogen and oxygen atoms in total. The molecule has 0 spiro atoms. The monoisotopic (exact) mass is 442 g/mol. The molecular formula is C28H34N4O. The van der Waals surface area contributed by atoms with Crippen LogP contribution in [0.3, 0.4) is 0 Å². The van der Waals surface area contributed by atoms with E-state index in [-0.39, 0.29) is 11.3 Å². The van der Waals surface area contributed by atoms with Gasteiger partial charge in [-0.3, -0.25) is 4.79 Å². The van der Waals surface area contributed by atoms with Crippen LogP contribution in [0.15, 0.2) is 30.3 Å². The maximum atomic E-state index is 13.4. The second kappa shape index (κ2) is 7.68. The van der Waals surface area contributed by atoms with Gasteiger partial charge in [0.2, 0.25) is 5.91 Å². The highest BCUT2D eigenvalue weighted by atomic mass is 16.2. The molecule has 4 aliphatic carbocycles. The Bertz CT molecular complexity index is 1190. The number of imidazole rings is 1. The molecule has 0 unspecified atom stereocenters. The largest absolute Gasteiger partial charge is 0.326 e. The molecule has 7 rings (SSSR count). The summed E-state index contributed by atoms with van der Waals surface area (Å²) in [4.78, 5) is 23.0. The third-order valence-electron chi connectivity index (χ3n) is 8.49. The van der Waals surface area contributed by atoms with Gasteiger partial charge >= 0.3 is 0 Å². The maximum Gasteiger partial charge on any atom is 0.230 e. The van der Waals surface area contributed by atoms with Crippen molar-refractivity contribution in [1.29, 1.82) is 0 Å². The third-order valence-corrected chi connectivity index (χ3v) is 8.49. The van der Waals surface area contributed by atoms with E-state index in [1.54, 1.807) is 0 Å². The molecule has 2 aromatic heterocycles. The smallest absolute Gasteiger partial charge is 0.230 e. The second-order valence-corrected chi connectivity index (χ2v) is 11.1. The van der Waals surface area contributed by atoms with E-state index in [9.17, 15) is 4.79 Å². The number of amides is 1. The summed E-state index contributed by atoms with van der Waals surface area (Å²) in [6.07, 6.45) is 8.24. The van der Waals surface area contributed by atoms with Crippen LogP contribution in [-0.4, -0.2) is 20.4 Å². The van der Waals surface area contributed by atoms with Crippen LogP contribution in [0.4, 0.5) is 5.69 Å². The van der Waals surface area contributed by atoms with Crippen molar-refractivity contribution in [2.45, 2.75) is 72.3 Å². The Morgan fingerprint density at radius 3 is 2.27 bits per heavy atom. The number of aryl methyl sites for hydroxylation is 3. The first kappa shape index (κ1) is 20.9. The summed E-state index contributed by atoms with van der Waals surface area (Å²) in [6, 6.07) is 10.5. The Kier molecular flexibility index (Phi) is 4.86. The predicted molar refractivity (Wildman–Crippen MR) is 131 cm³/mol. The van der Waals surface area contributed by atoms with Gasteiger partial charge in [-0.25, -0.2) is 9.97 Å². The molecule has 4 saturated carbocycles. The van der Waals surface area contributed by atoms with Crippen molar-refractivity contribution in [3.8, 4) is 0 Å². The number of anilines is 1. The van der Waals surface area contributed by atoms with Crippen LogP contribution in [0, 0.1) is 37.0 Å². The Labute approximate surface area is 196 Å². The molecule has 4 bridgehead atoms. The summed E-state index contributed by atoms with van der Waals surface area (Å²) in [7, 11) is 0. The first-order valence-corrected chi connectivity index (χ1v) is 12.7. The van der Waals surface area contributed by atoms with E-state index in [0.717, 1.165) is 78.4 Å². The topological polar surface area (TPSA) is 59.8 Å². The lowest BCUT2D eigenvalue weighted by atomic mass is 9.49. The first-order chi connectivity index (χ1) is 15.9. The minimum absolute atomic E-state index is 0.111. The van der Waals surface area contributed by atoms with Gasteiger partial charge in [0.15, 0.2) is 5.65 Å². The molecule has 2 heterocycles. The zero-order valence-corrected chi connectivity index (χ0v) is 20.0. The quantitative estimate of drug-likeness (QED) is 0.542. The molecule has 33 heavy (non-hydrogen) atoms. The number of nitrogens with zero attached hydrogens (tertiary/aromatic N) is 3. The van der Waals surface area contributed by atoms with Crippen molar-refractivity contribution in [1.82, 2.24) is 14.5 Å². The number of hydrogen-bond acceptors (Lipinski definition) is 3. The number of carbonyl (C=O) groups excluding carboxylic acids is 1. The Morgan fingerprint density at radius 1 is 1.03 bits per heavy atom. The van der Waals surface area contributed by atoms with Gasteiger partial charge < -0.3 is 9.88 Å². The average Bonchev–Trinajstić information content (AvgIpc) is 3.12. The van der Waals surface area contributed by atoms with E-state index >= 15 is 0 Å². The number of aromatic nitrogens is 3. The lowest BCUT2D eigenvalue weighted by Crippen LogP contribution is -2.51. The van der Waals surface area contributed by atoms with Crippen LogP contribution in [-0.2, 0) is 17.8 Å². The maximum absolute atomic E-state index is 13.4. The summed E-state index contributed by atoms with van der Waals surface area (Å²) in [6.45, 7) is 7.02. The molecule has 4 fully saturated rings. The van der Waals surface area contributed by atoms with E-state index in [1.165, 1.54) is 30.4 Å². The van der Waals surface area contributed by atoms with Crippen LogP contribution in [0.2, 0.25) is 0 Å². The summed E-state index contributed by atoms with van der Waals surface area (Å²) in [5.74, 6) is 3.66. The summed E-state index contributed by atoms with van der Waals surface area (Å²) < 4.78 is 2.23. The molecule has 5 heteroatoms. The molecule has 4 aliphatic rings. The minimum atomic E-state index is -0.111. The Balaban J connectivity index is 1.21. The van der Waals surface area contributed by atoms with Crippen molar-refractivity contribution < 1.29 is 4.79 Å². The Morgan fingerprint density at radius 2 is 1.67 bits per heavy atom. The van der Waals surface area contributed by atoms with Gasteiger partial charge in [-0.15, -0.1) is 0 Å². The van der Waals surface area contributed by atoms with Crippen LogP contribution in [0.1, 0.15) is 68.1 Å². The molecule has 0 radical (unpaired) electrons. The molecule has 0 saturated heterocycles. The van der Waals surface area contributed by atoms with Crippen molar-refractivity contribution in [2.24, 2.45) is 23.2 Å². The molecule has 0 atom stereocenters. The van der Waals surface area contributed by atoms with E-state index < -0.39 is 0 Å². The van der Waals surface area contributed by atoms with Gasteiger partial charge in [-0.1, -0.05) is 19.1 Å². The lowest BCUT2D eigenvalue weighted by molar-refractivity contribution is -0.140. The summed E-state index contributed by atoms with van der Waals surface area (Å²) in [5, 5.41) is 3.28. The van der Waals surface area contributed by atoms with E-state index in [1.807, 2.05) is 6.92 Å². The van der Waals surface area contributed by atoms with Gasteiger partial charge in [0.1, 0.15) is 11.3 Å². The zero-order chi connectivity index (χ0) is 22.7. The van der Waals surface area contributed by atoms with Crippen LogP contribution in [0.25, 0.3) is 11.2 Å². The van der Waals surface area contributed by atoms with Crippen molar-refractivity contribution in [2.75, 3.05) is 5.32 Å². The summed E-state index contributed by atoms with van der Waals surface area (Å²) >= 11 is 0. The molecule has 0 aliphatic heterocycles.